The monoisotopic (exact) mass is 227 g/mol. The van der Waals surface area contributed by atoms with Gasteiger partial charge in [0.05, 0.1) is 13.3 Å². The maximum Gasteiger partial charge on any atom is 0.137 e. The lowest BCUT2D eigenvalue weighted by Gasteiger charge is -2.07. The molecule has 0 aliphatic heterocycles. The molecule has 1 aromatic carbocycles. The van der Waals surface area contributed by atoms with Crippen LogP contribution in [0.25, 0.3) is 11.1 Å². The Hall–Kier alpha value is -1.83. The van der Waals surface area contributed by atoms with Crippen molar-refractivity contribution < 1.29 is 4.74 Å². The number of hydrogen-bond donors (Lipinski definition) is 0. The maximum absolute atomic E-state index is 5.18. The van der Waals surface area contributed by atoms with Crippen LogP contribution < -0.4 is 4.74 Å². The Labute approximate surface area is 102 Å². The summed E-state index contributed by atoms with van der Waals surface area (Å²) in [5, 5.41) is 0. The molecule has 1 aromatic heterocycles. The quantitative estimate of drug-likeness (QED) is 0.793. The van der Waals surface area contributed by atoms with E-state index in [-0.39, 0.29) is 0 Å². The Morgan fingerprint density at radius 1 is 1.00 bits per heavy atom. The molecule has 0 atom stereocenters. The number of rotatable bonds is 3. The van der Waals surface area contributed by atoms with Gasteiger partial charge in [-0.3, -0.25) is 4.98 Å². The maximum atomic E-state index is 5.18. The topological polar surface area (TPSA) is 22.1 Å². The van der Waals surface area contributed by atoms with Crippen LogP contribution in [0.2, 0.25) is 0 Å². The highest BCUT2D eigenvalue weighted by atomic mass is 16.5. The predicted octanol–water partition coefficient (Wildman–Crippen LogP) is 3.88. The van der Waals surface area contributed by atoms with E-state index in [1.807, 2.05) is 12.3 Å². The molecule has 0 N–H and O–H groups in total. The van der Waals surface area contributed by atoms with Gasteiger partial charge in [-0.2, -0.15) is 0 Å². The van der Waals surface area contributed by atoms with Gasteiger partial charge in [-0.25, -0.2) is 0 Å². The van der Waals surface area contributed by atoms with Crippen molar-refractivity contribution in [3.8, 4) is 16.9 Å². The zero-order valence-corrected chi connectivity index (χ0v) is 10.5. The molecule has 0 aliphatic rings. The molecule has 17 heavy (non-hydrogen) atoms. The molecule has 0 saturated heterocycles. The Bertz CT molecular complexity index is 489. The number of pyridine rings is 1. The first-order valence-corrected chi connectivity index (χ1v) is 5.80. The summed E-state index contributed by atoms with van der Waals surface area (Å²) in [6.45, 7) is 4.39. The van der Waals surface area contributed by atoms with Crippen molar-refractivity contribution in [2.45, 2.75) is 19.8 Å². The average molecular weight is 227 g/mol. The molecular weight excluding hydrogens is 210 g/mol. The summed E-state index contributed by atoms with van der Waals surface area (Å²) < 4.78 is 5.18. The van der Waals surface area contributed by atoms with E-state index in [1.165, 1.54) is 11.1 Å². The van der Waals surface area contributed by atoms with Crippen LogP contribution in [-0.4, -0.2) is 12.1 Å². The van der Waals surface area contributed by atoms with Gasteiger partial charge in [0.1, 0.15) is 5.75 Å². The van der Waals surface area contributed by atoms with Gasteiger partial charge in [0, 0.05) is 11.8 Å². The number of ether oxygens (including phenoxy) is 1. The van der Waals surface area contributed by atoms with Crippen LogP contribution in [0.4, 0.5) is 0 Å². The lowest BCUT2D eigenvalue weighted by molar-refractivity contribution is 0.413. The van der Waals surface area contributed by atoms with Crippen molar-refractivity contribution in [2.24, 2.45) is 0 Å². The Morgan fingerprint density at radius 2 is 1.71 bits per heavy atom. The first-order chi connectivity index (χ1) is 8.20. The fourth-order valence-electron chi connectivity index (χ4n) is 1.75. The molecule has 1 heterocycles. The third-order valence-electron chi connectivity index (χ3n) is 2.86. The number of methoxy groups -OCH3 is 1. The number of aromatic nitrogens is 1. The Morgan fingerprint density at radius 3 is 2.29 bits per heavy atom. The summed E-state index contributed by atoms with van der Waals surface area (Å²) >= 11 is 0. The van der Waals surface area contributed by atoms with Crippen molar-refractivity contribution in [3.63, 3.8) is 0 Å². The van der Waals surface area contributed by atoms with Crippen LogP contribution in [0.15, 0.2) is 42.7 Å². The van der Waals surface area contributed by atoms with E-state index in [4.69, 9.17) is 4.74 Å². The lowest BCUT2D eigenvalue weighted by Crippen LogP contribution is -1.88. The second-order valence-electron chi connectivity index (χ2n) is 4.39. The first kappa shape index (κ1) is 11.6. The minimum absolute atomic E-state index is 0.562. The summed E-state index contributed by atoms with van der Waals surface area (Å²) in [6, 6.07) is 10.6. The van der Waals surface area contributed by atoms with E-state index in [2.05, 4.69) is 43.1 Å². The van der Waals surface area contributed by atoms with Gasteiger partial charge in [-0.05, 0) is 23.1 Å². The van der Waals surface area contributed by atoms with Gasteiger partial charge in [0.15, 0.2) is 0 Å². The molecule has 2 nitrogen and oxygen atoms in total. The standard InChI is InChI=1S/C15H17NO/c1-11(2)12-4-6-13(7-5-12)14-8-15(17-3)10-16-9-14/h4-11H,1-3H3. The van der Waals surface area contributed by atoms with Crippen LogP contribution in [0.5, 0.6) is 5.75 Å². The number of benzene rings is 1. The highest BCUT2D eigenvalue weighted by Gasteiger charge is 2.02. The van der Waals surface area contributed by atoms with Crippen LogP contribution in [0, 0.1) is 0 Å². The smallest absolute Gasteiger partial charge is 0.137 e. The van der Waals surface area contributed by atoms with Crippen LogP contribution >= 0.6 is 0 Å². The number of nitrogens with zero attached hydrogens (tertiary/aromatic N) is 1. The highest BCUT2D eigenvalue weighted by Crippen LogP contribution is 2.24. The second kappa shape index (κ2) is 5.00. The van der Waals surface area contributed by atoms with Gasteiger partial charge < -0.3 is 4.74 Å². The van der Waals surface area contributed by atoms with Gasteiger partial charge in [-0.15, -0.1) is 0 Å². The fraction of sp³-hybridized carbons (Fsp3) is 0.267. The summed E-state index contributed by atoms with van der Waals surface area (Å²) in [7, 11) is 1.66. The van der Waals surface area contributed by atoms with E-state index in [0.29, 0.717) is 5.92 Å². The minimum Gasteiger partial charge on any atom is -0.495 e. The SMILES string of the molecule is COc1cncc(-c2ccc(C(C)C)cc2)c1. The van der Waals surface area contributed by atoms with Crippen molar-refractivity contribution in [1.82, 2.24) is 4.98 Å². The zero-order valence-electron chi connectivity index (χ0n) is 10.5. The highest BCUT2D eigenvalue weighted by molar-refractivity contribution is 5.64. The normalized spacial score (nSPS) is 10.6. The Kier molecular flexibility index (Phi) is 3.43. The zero-order chi connectivity index (χ0) is 12.3. The van der Waals surface area contributed by atoms with Crippen molar-refractivity contribution in [1.29, 1.82) is 0 Å². The molecule has 0 fully saturated rings. The van der Waals surface area contributed by atoms with Gasteiger partial charge in [0.25, 0.3) is 0 Å². The molecular formula is C15H17NO. The first-order valence-electron chi connectivity index (χ1n) is 5.80. The molecule has 2 rings (SSSR count). The molecule has 2 heteroatoms. The lowest BCUT2D eigenvalue weighted by atomic mass is 9.99. The van der Waals surface area contributed by atoms with E-state index in [0.717, 1.165) is 11.3 Å². The summed E-state index contributed by atoms with van der Waals surface area (Å²) in [6.07, 6.45) is 3.57. The van der Waals surface area contributed by atoms with Crippen molar-refractivity contribution in [2.75, 3.05) is 7.11 Å². The molecule has 0 radical (unpaired) electrons. The largest absolute Gasteiger partial charge is 0.495 e. The average Bonchev–Trinajstić information content (AvgIpc) is 2.39. The van der Waals surface area contributed by atoms with Gasteiger partial charge in [0.2, 0.25) is 0 Å². The molecule has 0 aliphatic carbocycles. The third kappa shape index (κ3) is 2.64. The van der Waals surface area contributed by atoms with E-state index >= 15 is 0 Å². The van der Waals surface area contributed by atoms with Crippen LogP contribution in [0.1, 0.15) is 25.3 Å². The molecule has 0 saturated carbocycles. The summed E-state index contributed by atoms with van der Waals surface area (Å²) in [5.41, 5.74) is 3.60. The molecule has 0 spiro atoms. The molecule has 0 unspecified atom stereocenters. The predicted molar refractivity (Wildman–Crippen MR) is 70.3 cm³/mol. The van der Waals surface area contributed by atoms with Crippen molar-refractivity contribution in [3.05, 3.63) is 48.3 Å². The van der Waals surface area contributed by atoms with Crippen LogP contribution in [0.3, 0.4) is 0 Å². The Balaban J connectivity index is 2.32. The second-order valence-corrected chi connectivity index (χ2v) is 4.39. The van der Waals surface area contributed by atoms with Gasteiger partial charge >= 0.3 is 0 Å². The third-order valence-corrected chi connectivity index (χ3v) is 2.86. The van der Waals surface area contributed by atoms with Crippen LogP contribution in [-0.2, 0) is 0 Å². The van der Waals surface area contributed by atoms with Gasteiger partial charge in [-0.1, -0.05) is 38.1 Å². The fourth-order valence-corrected chi connectivity index (χ4v) is 1.75. The van der Waals surface area contributed by atoms with E-state index < -0.39 is 0 Å². The molecule has 0 bridgehead atoms. The molecule has 0 amide bonds. The molecule has 2 aromatic rings. The number of hydrogen-bond acceptors (Lipinski definition) is 2. The minimum atomic E-state index is 0.562. The summed E-state index contributed by atoms with van der Waals surface area (Å²) in [4.78, 5) is 4.16. The van der Waals surface area contributed by atoms with E-state index in [9.17, 15) is 0 Å². The van der Waals surface area contributed by atoms with E-state index in [1.54, 1.807) is 13.3 Å². The summed E-state index contributed by atoms with van der Waals surface area (Å²) in [5.74, 6) is 1.35. The molecule has 88 valence electrons. The van der Waals surface area contributed by atoms with Crippen molar-refractivity contribution >= 4 is 0 Å².